The van der Waals surface area contributed by atoms with Crippen molar-refractivity contribution in [1.82, 2.24) is 0 Å². The number of halogens is 2. The molecular weight excluding hydrogens is 556 g/mol. The number of nitrogens with zero attached hydrogens (tertiary/aromatic N) is 2. The molecule has 0 spiro atoms. The van der Waals surface area contributed by atoms with E-state index >= 15 is 0 Å². The quantitative estimate of drug-likeness (QED) is 0.149. The number of carbonyl (C=O) groups is 1. The number of aliphatic imine (C=N–C) groups is 1. The lowest BCUT2D eigenvalue weighted by molar-refractivity contribution is -0.384. The molecule has 7 nitrogen and oxygen atoms in total. The summed E-state index contributed by atoms with van der Waals surface area (Å²) in [5, 5.41) is 10.8. The van der Waals surface area contributed by atoms with Gasteiger partial charge in [-0.2, -0.15) is 0 Å². The van der Waals surface area contributed by atoms with E-state index in [0.29, 0.717) is 14.7 Å². The molecule has 1 aliphatic rings. The van der Waals surface area contributed by atoms with Crippen LogP contribution in [0.1, 0.15) is 22.3 Å². The number of nitro groups is 1. The summed E-state index contributed by atoms with van der Waals surface area (Å²) in [5.41, 5.74) is 3.57. The van der Waals surface area contributed by atoms with Gasteiger partial charge >= 0.3 is 5.97 Å². The van der Waals surface area contributed by atoms with Gasteiger partial charge in [0.25, 0.3) is 5.69 Å². The Morgan fingerprint density at radius 3 is 2.30 bits per heavy atom. The molecule has 0 amide bonds. The molecule has 0 atom stereocenters. The zero-order chi connectivity index (χ0) is 23.5. The van der Waals surface area contributed by atoms with Crippen molar-refractivity contribution >= 4 is 55.5 Å². The molecule has 0 fully saturated rings. The fourth-order valence-corrected chi connectivity index (χ4v) is 4.51. The Balaban J connectivity index is 1.51. The summed E-state index contributed by atoms with van der Waals surface area (Å²) in [4.78, 5) is 27.0. The van der Waals surface area contributed by atoms with Gasteiger partial charge in [0.05, 0.1) is 13.9 Å². The SMILES string of the molecule is Cc1ccc(C2=N/C(=C\c3cc(Br)c(OCc4ccc([N+](=O)[O-])cc4)c(Br)c3)C(=O)O2)cc1. The Bertz CT molecular complexity index is 1280. The van der Waals surface area contributed by atoms with Gasteiger partial charge in [-0.3, -0.25) is 10.1 Å². The maximum Gasteiger partial charge on any atom is 0.363 e. The van der Waals surface area contributed by atoms with Crippen molar-refractivity contribution in [1.29, 1.82) is 0 Å². The van der Waals surface area contributed by atoms with Gasteiger partial charge < -0.3 is 9.47 Å². The van der Waals surface area contributed by atoms with Crippen molar-refractivity contribution in [2.75, 3.05) is 0 Å². The topological polar surface area (TPSA) is 91.0 Å². The Kier molecular flexibility index (Phi) is 6.71. The summed E-state index contributed by atoms with van der Waals surface area (Å²) in [6.07, 6.45) is 1.64. The van der Waals surface area contributed by atoms with Crippen LogP contribution in [0.25, 0.3) is 6.08 Å². The zero-order valence-corrected chi connectivity index (χ0v) is 20.4. The van der Waals surface area contributed by atoms with E-state index in [0.717, 1.165) is 22.3 Å². The number of aryl methyl sites for hydroxylation is 1. The smallest absolute Gasteiger partial charge is 0.363 e. The molecule has 0 aliphatic carbocycles. The third kappa shape index (κ3) is 5.37. The minimum absolute atomic E-state index is 0.0251. The van der Waals surface area contributed by atoms with E-state index in [-0.39, 0.29) is 23.9 Å². The van der Waals surface area contributed by atoms with Crippen LogP contribution in [0.2, 0.25) is 0 Å². The average Bonchev–Trinajstić information content (AvgIpc) is 3.14. The second-order valence-electron chi connectivity index (χ2n) is 7.23. The van der Waals surface area contributed by atoms with E-state index in [1.165, 1.54) is 12.1 Å². The number of hydrogen-bond donors (Lipinski definition) is 0. The predicted octanol–water partition coefficient (Wildman–Crippen LogP) is 6.35. The molecule has 0 bridgehead atoms. The van der Waals surface area contributed by atoms with Gasteiger partial charge in [-0.25, -0.2) is 9.79 Å². The number of hydrogen-bond acceptors (Lipinski definition) is 6. The van der Waals surface area contributed by atoms with Crippen LogP contribution >= 0.6 is 31.9 Å². The summed E-state index contributed by atoms with van der Waals surface area (Å²) in [6.45, 7) is 2.21. The molecule has 1 aliphatic heterocycles. The van der Waals surface area contributed by atoms with Crippen LogP contribution < -0.4 is 4.74 Å². The van der Waals surface area contributed by atoms with Crippen LogP contribution in [-0.2, 0) is 16.1 Å². The summed E-state index contributed by atoms with van der Waals surface area (Å²) in [5.74, 6) is 0.317. The summed E-state index contributed by atoms with van der Waals surface area (Å²) in [7, 11) is 0. The van der Waals surface area contributed by atoms with Crippen molar-refractivity contribution in [3.05, 3.63) is 108 Å². The van der Waals surface area contributed by atoms with Crippen molar-refractivity contribution in [3.8, 4) is 5.75 Å². The van der Waals surface area contributed by atoms with Crippen LogP contribution in [0.4, 0.5) is 5.69 Å². The molecule has 0 saturated carbocycles. The number of carbonyl (C=O) groups excluding carboxylic acids is 1. The van der Waals surface area contributed by atoms with Crippen LogP contribution in [0.5, 0.6) is 5.75 Å². The largest absolute Gasteiger partial charge is 0.487 e. The minimum Gasteiger partial charge on any atom is -0.487 e. The number of cyclic esters (lactones) is 1. The lowest BCUT2D eigenvalue weighted by Gasteiger charge is -2.11. The number of benzene rings is 3. The molecule has 1 heterocycles. The van der Waals surface area contributed by atoms with E-state index in [1.54, 1.807) is 30.3 Å². The van der Waals surface area contributed by atoms with Gasteiger partial charge in [-0.1, -0.05) is 17.7 Å². The van der Waals surface area contributed by atoms with Gasteiger partial charge in [-0.15, -0.1) is 0 Å². The highest BCUT2D eigenvalue weighted by atomic mass is 79.9. The fourth-order valence-electron chi connectivity index (χ4n) is 3.06. The molecule has 166 valence electrons. The molecule has 0 saturated heterocycles. The molecule has 3 aromatic rings. The van der Waals surface area contributed by atoms with Crippen molar-refractivity contribution in [2.24, 2.45) is 4.99 Å². The van der Waals surface area contributed by atoms with Gasteiger partial charge in [-0.05, 0) is 92.4 Å². The maximum atomic E-state index is 12.3. The highest BCUT2D eigenvalue weighted by Gasteiger charge is 2.24. The van der Waals surface area contributed by atoms with Crippen LogP contribution in [0, 0.1) is 17.0 Å². The lowest BCUT2D eigenvalue weighted by Crippen LogP contribution is -2.05. The van der Waals surface area contributed by atoms with Gasteiger partial charge in [0.1, 0.15) is 12.4 Å². The third-order valence-corrected chi connectivity index (χ3v) is 5.95. The molecule has 4 rings (SSSR count). The van der Waals surface area contributed by atoms with Gasteiger partial charge in [0.2, 0.25) is 5.90 Å². The fraction of sp³-hybridized carbons (Fsp3) is 0.0833. The molecule has 33 heavy (non-hydrogen) atoms. The summed E-state index contributed by atoms with van der Waals surface area (Å²) < 4.78 is 12.5. The Labute approximate surface area is 206 Å². The zero-order valence-electron chi connectivity index (χ0n) is 17.2. The van der Waals surface area contributed by atoms with E-state index in [2.05, 4.69) is 36.9 Å². The van der Waals surface area contributed by atoms with Crippen LogP contribution in [0.3, 0.4) is 0 Å². The Morgan fingerprint density at radius 2 is 1.70 bits per heavy atom. The molecule has 0 unspecified atom stereocenters. The lowest BCUT2D eigenvalue weighted by atomic mass is 10.1. The van der Waals surface area contributed by atoms with Crippen molar-refractivity contribution in [3.63, 3.8) is 0 Å². The predicted molar refractivity (Wildman–Crippen MR) is 131 cm³/mol. The normalized spacial score (nSPS) is 14.2. The van der Waals surface area contributed by atoms with Crippen molar-refractivity contribution in [2.45, 2.75) is 13.5 Å². The number of ether oxygens (including phenoxy) is 2. The second kappa shape index (κ2) is 9.68. The third-order valence-electron chi connectivity index (χ3n) is 4.77. The molecule has 3 aromatic carbocycles. The standard InChI is InChI=1S/C24H16Br2N2O5/c1-14-2-6-17(7-3-14)23-27-21(24(29)33-23)12-16-10-19(25)22(20(26)11-16)32-13-15-4-8-18(9-5-15)28(30)31/h2-12H,13H2,1H3/b21-12-. The summed E-state index contributed by atoms with van der Waals surface area (Å²) >= 11 is 6.99. The second-order valence-corrected chi connectivity index (χ2v) is 8.94. The molecule has 0 aromatic heterocycles. The Hall–Kier alpha value is -3.30. The van der Waals surface area contributed by atoms with E-state index in [9.17, 15) is 14.9 Å². The monoisotopic (exact) mass is 570 g/mol. The van der Waals surface area contributed by atoms with Gasteiger partial charge in [0, 0.05) is 17.7 Å². The molecule has 0 N–H and O–H groups in total. The number of esters is 1. The van der Waals surface area contributed by atoms with E-state index in [1.807, 2.05) is 31.2 Å². The summed E-state index contributed by atoms with van der Waals surface area (Å²) in [6, 6.07) is 17.3. The first-order valence-electron chi connectivity index (χ1n) is 9.75. The first-order chi connectivity index (χ1) is 15.8. The molecular formula is C24H16Br2N2O5. The highest BCUT2D eigenvalue weighted by molar-refractivity contribution is 9.11. The van der Waals surface area contributed by atoms with Gasteiger partial charge in [0.15, 0.2) is 5.70 Å². The average molecular weight is 572 g/mol. The molecule has 9 heteroatoms. The molecule has 0 radical (unpaired) electrons. The van der Waals surface area contributed by atoms with Crippen molar-refractivity contribution < 1.29 is 19.2 Å². The van der Waals surface area contributed by atoms with E-state index < -0.39 is 10.9 Å². The van der Waals surface area contributed by atoms with Crippen LogP contribution in [0.15, 0.2) is 80.3 Å². The minimum atomic E-state index is -0.517. The Morgan fingerprint density at radius 1 is 1.06 bits per heavy atom. The number of rotatable bonds is 6. The number of nitro benzene ring substituents is 1. The first kappa shape index (κ1) is 22.9. The van der Waals surface area contributed by atoms with Crippen LogP contribution in [-0.4, -0.2) is 16.8 Å². The maximum absolute atomic E-state index is 12.3. The van der Waals surface area contributed by atoms with E-state index in [4.69, 9.17) is 9.47 Å². The highest BCUT2D eigenvalue weighted by Crippen LogP contribution is 2.36. The first-order valence-corrected chi connectivity index (χ1v) is 11.3. The number of non-ortho nitro benzene ring substituents is 1.